The molecule has 1 N–H and O–H groups in total. The van der Waals surface area contributed by atoms with Gasteiger partial charge in [0.05, 0.1) is 11.6 Å². The van der Waals surface area contributed by atoms with Gasteiger partial charge in [0.2, 0.25) is 0 Å². The van der Waals surface area contributed by atoms with Gasteiger partial charge in [0.1, 0.15) is 5.75 Å². The third kappa shape index (κ3) is 1.72. The van der Waals surface area contributed by atoms with E-state index < -0.39 is 0 Å². The van der Waals surface area contributed by atoms with Crippen LogP contribution in [0.1, 0.15) is 25.0 Å². The molecule has 0 fully saturated rings. The van der Waals surface area contributed by atoms with Crippen LogP contribution < -0.4 is 4.74 Å². The number of hydrogen-bond donors (Lipinski definition) is 1. The van der Waals surface area contributed by atoms with Crippen molar-refractivity contribution in [1.29, 1.82) is 0 Å². The minimum Gasteiger partial charge on any atom is -0.489 e. The third-order valence-corrected chi connectivity index (χ3v) is 2.70. The molecule has 2 aromatic rings. The molecular weight excluding hydrogens is 186 g/mol. The van der Waals surface area contributed by atoms with Crippen LogP contribution in [0.3, 0.4) is 0 Å². The number of benzene rings is 1. The van der Waals surface area contributed by atoms with Crippen molar-refractivity contribution in [2.24, 2.45) is 0 Å². The molecule has 0 amide bonds. The van der Waals surface area contributed by atoms with E-state index in [1.54, 1.807) is 0 Å². The molecule has 0 aliphatic rings. The topological polar surface area (TPSA) is 25.0 Å². The minimum atomic E-state index is 0.207. The number of aromatic nitrogens is 1. The van der Waals surface area contributed by atoms with E-state index in [0.29, 0.717) is 0 Å². The van der Waals surface area contributed by atoms with Crippen LogP contribution in [-0.4, -0.2) is 11.1 Å². The number of fused-ring (bicyclic) bond motifs is 1. The molecule has 80 valence electrons. The van der Waals surface area contributed by atoms with E-state index in [-0.39, 0.29) is 6.10 Å². The number of nitrogens with one attached hydrogen (secondary N) is 1. The standard InChI is InChI=1S/C13H17NO/c1-8(2)15-12-7-9(3)10(4)11-5-6-14-13(11)12/h5-8,14H,1-4H3. The van der Waals surface area contributed by atoms with Crippen molar-refractivity contribution >= 4 is 10.9 Å². The van der Waals surface area contributed by atoms with Gasteiger partial charge >= 0.3 is 0 Å². The van der Waals surface area contributed by atoms with E-state index in [9.17, 15) is 0 Å². The largest absolute Gasteiger partial charge is 0.489 e. The van der Waals surface area contributed by atoms with E-state index in [4.69, 9.17) is 4.74 Å². The van der Waals surface area contributed by atoms with E-state index >= 15 is 0 Å². The van der Waals surface area contributed by atoms with Crippen LogP contribution in [0, 0.1) is 13.8 Å². The smallest absolute Gasteiger partial charge is 0.144 e. The summed E-state index contributed by atoms with van der Waals surface area (Å²) in [5.74, 6) is 0.952. The van der Waals surface area contributed by atoms with Gasteiger partial charge in [-0.3, -0.25) is 0 Å². The van der Waals surface area contributed by atoms with Gasteiger partial charge in [-0.05, 0) is 51.0 Å². The summed E-state index contributed by atoms with van der Waals surface area (Å²) in [6.07, 6.45) is 2.17. The molecule has 15 heavy (non-hydrogen) atoms. The number of hydrogen-bond acceptors (Lipinski definition) is 1. The molecule has 0 aliphatic carbocycles. The Bertz CT molecular complexity index is 482. The van der Waals surface area contributed by atoms with Gasteiger partial charge in [-0.2, -0.15) is 0 Å². The summed E-state index contributed by atoms with van der Waals surface area (Å²) in [6, 6.07) is 4.21. The molecule has 2 nitrogen and oxygen atoms in total. The van der Waals surface area contributed by atoms with E-state index in [1.807, 2.05) is 20.0 Å². The first-order chi connectivity index (χ1) is 7.09. The fourth-order valence-electron chi connectivity index (χ4n) is 1.82. The Labute approximate surface area is 90.3 Å². The Morgan fingerprint density at radius 2 is 2.00 bits per heavy atom. The van der Waals surface area contributed by atoms with Gasteiger partial charge in [-0.15, -0.1) is 0 Å². The van der Waals surface area contributed by atoms with Crippen LogP contribution in [0.4, 0.5) is 0 Å². The monoisotopic (exact) mass is 203 g/mol. The Hall–Kier alpha value is -1.44. The summed E-state index contributed by atoms with van der Waals surface area (Å²) in [5.41, 5.74) is 3.70. The molecule has 0 bridgehead atoms. The maximum absolute atomic E-state index is 5.79. The van der Waals surface area contributed by atoms with E-state index in [1.165, 1.54) is 16.5 Å². The molecule has 0 radical (unpaired) electrons. The first kappa shape index (κ1) is 10.1. The Morgan fingerprint density at radius 1 is 1.27 bits per heavy atom. The second kappa shape index (κ2) is 3.61. The maximum Gasteiger partial charge on any atom is 0.144 e. The highest BCUT2D eigenvalue weighted by atomic mass is 16.5. The number of ether oxygens (including phenoxy) is 1. The van der Waals surface area contributed by atoms with Crippen molar-refractivity contribution in [2.75, 3.05) is 0 Å². The van der Waals surface area contributed by atoms with E-state index in [2.05, 4.69) is 31.0 Å². The molecule has 1 aromatic carbocycles. The van der Waals surface area contributed by atoms with Crippen molar-refractivity contribution in [3.05, 3.63) is 29.5 Å². The molecule has 1 aromatic heterocycles. The third-order valence-electron chi connectivity index (χ3n) is 2.70. The summed E-state index contributed by atoms with van der Waals surface area (Å²) in [6.45, 7) is 8.35. The molecule has 0 atom stereocenters. The number of rotatable bonds is 2. The van der Waals surface area contributed by atoms with Crippen LogP contribution in [0.5, 0.6) is 5.75 Å². The molecule has 2 heteroatoms. The van der Waals surface area contributed by atoms with Crippen LogP contribution in [0.15, 0.2) is 18.3 Å². The predicted octanol–water partition coefficient (Wildman–Crippen LogP) is 3.57. The molecule has 0 saturated carbocycles. The first-order valence-electron chi connectivity index (χ1n) is 5.33. The van der Waals surface area contributed by atoms with Crippen molar-refractivity contribution < 1.29 is 4.74 Å². The molecular formula is C13H17NO. The summed E-state index contributed by atoms with van der Waals surface area (Å²) < 4.78 is 5.79. The lowest BCUT2D eigenvalue weighted by atomic mass is 10.1. The lowest BCUT2D eigenvalue weighted by molar-refractivity contribution is 0.245. The van der Waals surface area contributed by atoms with Crippen LogP contribution in [0.2, 0.25) is 0 Å². The summed E-state index contributed by atoms with van der Waals surface area (Å²) in [4.78, 5) is 3.24. The molecule has 0 aliphatic heterocycles. The van der Waals surface area contributed by atoms with Crippen molar-refractivity contribution in [3.8, 4) is 5.75 Å². The second-order valence-corrected chi connectivity index (χ2v) is 4.25. The maximum atomic E-state index is 5.79. The summed E-state index contributed by atoms with van der Waals surface area (Å²) in [7, 11) is 0. The molecule has 1 heterocycles. The van der Waals surface area contributed by atoms with Gasteiger partial charge in [0, 0.05) is 11.6 Å². The normalized spacial score (nSPS) is 11.3. The zero-order chi connectivity index (χ0) is 11.0. The highest BCUT2D eigenvalue weighted by Crippen LogP contribution is 2.30. The summed E-state index contributed by atoms with van der Waals surface area (Å²) in [5, 5.41) is 1.26. The Morgan fingerprint density at radius 3 is 2.67 bits per heavy atom. The average Bonchev–Trinajstić information content (AvgIpc) is 2.61. The Kier molecular flexibility index (Phi) is 2.43. The van der Waals surface area contributed by atoms with E-state index in [0.717, 1.165) is 11.3 Å². The molecule has 2 rings (SSSR count). The Balaban J connectivity index is 2.63. The van der Waals surface area contributed by atoms with Crippen molar-refractivity contribution in [3.63, 3.8) is 0 Å². The van der Waals surface area contributed by atoms with Gasteiger partial charge < -0.3 is 9.72 Å². The van der Waals surface area contributed by atoms with Crippen LogP contribution in [0.25, 0.3) is 10.9 Å². The van der Waals surface area contributed by atoms with Gasteiger partial charge in [0.25, 0.3) is 0 Å². The first-order valence-corrected chi connectivity index (χ1v) is 5.33. The molecule has 0 unspecified atom stereocenters. The fraction of sp³-hybridized carbons (Fsp3) is 0.385. The average molecular weight is 203 g/mol. The van der Waals surface area contributed by atoms with Crippen molar-refractivity contribution in [1.82, 2.24) is 4.98 Å². The fourth-order valence-corrected chi connectivity index (χ4v) is 1.82. The molecule has 0 spiro atoms. The highest BCUT2D eigenvalue weighted by Gasteiger charge is 2.09. The predicted molar refractivity (Wildman–Crippen MR) is 63.5 cm³/mol. The van der Waals surface area contributed by atoms with Crippen LogP contribution >= 0.6 is 0 Å². The molecule has 0 saturated heterocycles. The second-order valence-electron chi connectivity index (χ2n) is 4.25. The lowest BCUT2D eigenvalue weighted by Gasteiger charge is -2.13. The number of aromatic amines is 1. The zero-order valence-electron chi connectivity index (χ0n) is 9.72. The minimum absolute atomic E-state index is 0.207. The highest BCUT2D eigenvalue weighted by molar-refractivity contribution is 5.89. The van der Waals surface area contributed by atoms with Gasteiger partial charge in [-0.25, -0.2) is 0 Å². The van der Waals surface area contributed by atoms with Crippen molar-refractivity contribution in [2.45, 2.75) is 33.8 Å². The van der Waals surface area contributed by atoms with Gasteiger partial charge in [0.15, 0.2) is 0 Å². The zero-order valence-corrected chi connectivity index (χ0v) is 9.72. The lowest BCUT2D eigenvalue weighted by Crippen LogP contribution is -2.06. The SMILES string of the molecule is Cc1cc(OC(C)C)c2[nH]ccc2c1C. The number of aryl methyl sites for hydroxylation is 2. The van der Waals surface area contributed by atoms with Gasteiger partial charge in [-0.1, -0.05) is 0 Å². The van der Waals surface area contributed by atoms with Crippen LogP contribution in [-0.2, 0) is 0 Å². The quantitative estimate of drug-likeness (QED) is 0.793. The number of H-pyrrole nitrogens is 1. The summed E-state index contributed by atoms with van der Waals surface area (Å²) >= 11 is 0.